The topological polar surface area (TPSA) is 75.7 Å². The first-order chi connectivity index (χ1) is 13.2. The van der Waals surface area contributed by atoms with Crippen LogP contribution in [0.5, 0.6) is 5.75 Å². The van der Waals surface area contributed by atoms with Crippen molar-refractivity contribution < 1.29 is 17.9 Å². The molecule has 2 rings (SSSR count). The van der Waals surface area contributed by atoms with Crippen molar-refractivity contribution in [2.45, 2.75) is 38.1 Å². The first-order valence-corrected chi connectivity index (χ1v) is 10.7. The number of aryl methyl sites for hydroxylation is 1. The molecule has 0 saturated heterocycles. The van der Waals surface area contributed by atoms with Gasteiger partial charge in [0.05, 0.1) is 12.8 Å². The first-order valence-electron chi connectivity index (χ1n) is 8.91. The second-order valence-electron chi connectivity index (χ2n) is 6.52. The van der Waals surface area contributed by atoms with Gasteiger partial charge in [0.25, 0.3) is 10.0 Å². The van der Waals surface area contributed by atoms with Gasteiger partial charge in [0.2, 0.25) is 5.91 Å². The fourth-order valence-electron chi connectivity index (χ4n) is 2.58. The zero-order valence-corrected chi connectivity index (χ0v) is 18.0. The zero-order valence-electron chi connectivity index (χ0n) is 16.4. The Morgan fingerprint density at radius 1 is 1.21 bits per heavy atom. The number of benzene rings is 2. The van der Waals surface area contributed by atoms with Gasteiger partial charge in [-0.25, -0.2) is 8.42 Å². The lowest BCUT2D eigenvalue weighted by atomic mass is 10.2. The van der Waals surface area contributed by atoms with Crippen molar-refractivity contribution in [3.8, 4) is 5.75 Å². The number of nitrogens with zero attached hydrogens (tertiary/aromatic N) is 1. The van der Waals surface area contributed by atoms with E-state index in [4.69, 9.17) is 16.3 Å². The maximum Gasteiger partial charge on any atom is 0.268 e. The van der Waals surface area contributed by atoms with Crippen molar-refractivity contribution in [3.05, 3.63) is 53.1 Å². The number of hydrogen-bond acceptors (Lipinski definition) is 4. The Morgan fingerprint density at radius 2 is 1.86 bits per heavy atom. The monoisotopic (exact) mass is 424 g/mol. The van der Waals surface area contributed by atoms with E-state index in [1.165, 1.54) is 13.2 Å². The van der Waals surface area contributed by atoms with E-state index >= 15 is 0 Å². The van der Waals surface area contributed by atoms with Gasteiger partial charge in [0.1, 0.15) is 17.2 Å². The van der Waals surface area contributed by atoms with Crippen molar-refractivity contribution >= 4 is 33.2 Å². The molecule has 152 valence electrons. The van der Waals surface area contributed by atoms with Crippen LogP contribution in [0.3, 0.4) is 0 Å². The number of methoxy groups -OCH3 is 1. The number of halogens is 1. The Morgan fingerprint density at radius 3 is 2.43 bits per heavy atom. The molecule has 6 nitrogen and oxygen atoms in total. The van der Waals surface area contributed by atoms with E-state index in [2.05, 4.69) is 5.32 Å². The summed E-state index contributed by atoms with van der Waals surface area (Å²) in [5, 5.41) is 3.27. The lowest BCUT2D eigenvalue weighted by molar-refractivity contribution is -0.120. The minimum Gasteiger partial charge on any atom is -0.495 e. The first kappa shape index (κ1) is 22.0. The van der Waals surface area contributed by atoms with Crippen molar-refractivity contribution in [1.29, 1.82) is 0 Å². The van der Waals surface area contributed by atoms with E-state index in [0.717, 1.165) is 16.3 Å². The maximum absolute atomic E-state index is 13.5. The van der Waals surface area contributed by atoms with Gasteiger partial charge >= 0.3 is 0 Å². The number of sulfonamides is 1. The van der Waals surface area contributed by atoms with Gasteiger partial charge in [-0.1, -0.05) is 24.6 Å². The fourth-order valence-corrected chi connectivity index (χ4v) is 4.37. The van der Waals surface area contributed by atoms with Crippen molar-refractivity contribution in [2.75, 3.05) is 18.0 Å². The SMILES string of the molecule is CC[C@H](C)NC(=O)CN(c1ccc(Cl)cc1)S(=O)(=O)c1cc(C)ccc1OC. The minimum absolute atomic E-state index is 0.00119. The number of carbonyl (C=O) groups is 1. The maximum atomic E-state index is 13.5. The van der Waals surface area contributed by atoms with Crippen molar-refractivity contribution in [1.82, 2.24) is 5.32 Å². The molecule has 0 aliphatic carbocycles. The number of ether oxygens (including phenoxy) is 1. The molecule has 0 fully saturated rings. The number of amides is 1. The van der Waals surface area contributed by atoms with Gasteiger partial charge < -0.3 is 10.1 Å². The summed E-state index contributed by atoms with van der Waals surface area (Å²) in [4.78, 5) is 12.5. The molecule has 28 heavy (non-hydrogen) atoms. The summed E-state index contributed by atoms with van der Waals surface area (Å²) in [5.74, 6) is -0.175. The normalized spacial score (nSPS) is 12.3. The Labute approximate surface area is 171 Å². The predicted molar refractivity (Wildman–Crippen MR) is 112 cm³/mol. The van der Waals surface area contributed by atoms with Crippen LogP contribution in [0, 0.1) is 6.92 Å². The summed E-state index contributed by atoms with van der Waals surface area (Å²) >= 11 is 5.94. The summed E-state index contributed by atoms with van der Waals surface area (Å²) in [5.41, 5.74) is 1.10. The van der Waals surface area contributed by atoms with E-state index in [1.807, 2.05) is 13.8 Å². The highest BCUT2D eigenvalue weighted by atomic mass is 35.5. The lowest BCUT2D eigenvalue weighted by Gasteiger charge is -2.26. The molecule has 0 aliphatic rings. The van der Waals surface area contributed by atoms with Crippen LogP contribution in [0.15, 0.2) is 47.4 Å². The standard InChI is InChI=1S/C20H25ClN2O4S/c1-5-15(3)22-20(24)13-23(17-9-7-16(21)8-10-17)28(25,26)19-12-14(2)6-11-18(19)27-4/h6-12,15H,5,13H2,1-4H3,(H,22,24)/t15-/m0/s1. The average molecular weight is 425 g/mol. The summed E-state index contributed by atoms with van der Waals surface area (Å²) in [6.45, 7) is 5.24. The van der Waals surface area contributed by atoms with Gasteiger partial charge in [-0.2, -0.15) is 0 Å². The molecule has 1 N–H and O–H groups in total. The zero-order chi connectivity index (χ0) is 20.9. The Hall–Kier alpha value is -2.25. The number of rotatable bonds is 8. The third kappa shape index (κ3) is 5.17. The molecule has 2 aromatic carbocycles. The van der Waals surface area contributed by atoms with E-state index in [9.17, 15) is 13.2 Å². The molecule has 0 aliphatic heterocycles. The second kappa shape index (κ2) is 9.30. The summed E-state index contributed by atoms with van der Waals surface area (Å²) in [6.07, 6.45) is 0.741. The number of nitrogens with one attached hydrogen (secondary N) is 1. The number of carbonyl (C=O) groups excluding carboxylic acids is 1. The molecule has 0 aromatic heterocycles. The van der Waals surface area contributed by atoms with E-state index in [-0.39, 0.29) is 29.1 Å². The van der Waals surface area contributed by atoms with Crippen LogP contribution < -0.4 is 14.4 Å². The van der Waals surface area contributed by atoms with Crippen LogP contribution in [0.25, 0.3) is 0 Å². The van der Waals surface area contributed by atoms with Crippen molar-refractivity contribution in [3.63, 3.8) is 0 Å². The third-order valence-corrected chi connectivity index (χ3v) is 6.36. The molecule has 0 unspecified atom stereocenters. The summed E-state index contributed by atoms with van der Waals surface area (Å²) in [7, 11) is -2.66. The largest absolute Gasteiger partial charge is 0.495 e. The highest BCUT2D eigenvalue weighted by molar-refractivity contribution is 7.93. The Bertz CT molecular complexity index is 930. The number of hydrogen-bond donors (Lipinski definition) is 1. The van der Waals surface area contributed by atoms with Gasteiger partial charge in [0, 0.05) is 11.1 Å². The summed E-state index contributed by atoms with van der Waals surface area (Å²) in [6, 6.07) is 11.1. The molecular formula is C20H25ClN2O4S. The van der Waals surface area contributed by atoms with E-state index in [1.54, 1.807) is 43.3 Å². The molecule has 0 spiro atoms. The third-order valence-electron chi connectivity index (χ3n) is 4.31. The predicted octanol–water partition coefficient (Wildman–Crippen LogP) is 3.77. The van der Waals surface area contributed by atoms with Gasteiger partial charge in [-0.15, -0.1) is 0 Å². The van der Waals surface area contributed by atoms with Crippen LogP contribution in [0.1, 0.15) is 25.8 Å². The quantitative estimate of drug-likeness (QED) is 0.699. The average Bonchev–Trinajstić information content (AvgIpc) is 2.66. The fraction of sp³-hybridized carbons (Fsp3) is 0.350. The molecule has 0 bridgehead atoms. The second-order valence-corrected chi connectivity index (χ2v) is 8.79. The molecule has 8 heteroatoms. The van der Waals surface area contributed by atoms with Crippen LogP contribution in [0.4, 0.5) is 5.69 Å². The molecule has 0 heterocycles. The van der Waals surface area contributed by atoms with E-state index in [0.29, 0.717) is 10.7 Å². The molecule has 1 atom stereocenters. The van der Waals surface area contributed by atoms with Gasteiger partial charge in [-0.05, 0) is 62.2 Å². The Balaban J connectivity index is 2.52. The Kier molecular flexibility index (Phi) is 7.32. The molecular weight excluding hydrogens is 400 g/mol. The molecule has 1 amide bonds. The number of anilines is 1. The molecule has 0 radical (unpaired) electrons. The smallest absolute Gasteiger partial charge is 0.268 e. The van der Waals surface area contributed by atoms with Gasteiger partial charge in [0.15, 0.2) is 0 Å². The highest BCUT2D eigenvalue weighted by Gasteiger charge is 2.30. The summed E-state index contributed by atoms with van der Waals surface area (Å²) < 4.78 is 33.3. The van der Waals surface area contributed by atoms with Gasteiger partial charge in [-0.3, -0.25) is 9.10 Å². The van der Waals surface area contributed by atoms with Crippen LogP contribution in [-0.4, -0.2) is 34.0 Å². The van der Waals surface area contributed by atoms with Crippen LogP contribution in [0.2, 0.25) is 5.02 Å². The molecule has 2 aromatic rings. The minimum atomic E-state index is -4.07. The lowest BCUT2D eigenvalue weighted by Crippen LogP contribution is -2.43. The van der Waals surface area contributed by atoms with E-state index < -0.39 is 10.0 Å². The highest BCUT2D eigenvalue weighted by Crippen LogP contribution is 2.31. The molecule has 0 saturated carbocycles. The van der Waals surface area contributed by atoms with Crippen molar-refractivity contribution in [2.24, 2.45) is 0 Å². The van der Waals surface area contributed by atoms with Crippen LogP contribution >= 0.6 is 11.6 Å². The van der Waals surface area contributed by atoms with Crippen LogP contribution in [-0.2, 0) is 14.8 Å².